The van der Waals surface area contributed by atoms with Crippen LogP contribution in [0.1, 0.15) is 25.1 Å². The van der Waals surface area contributed by atoms with Gasteiger partial charge in [-0.2, -0.15) is 0 Å². The van der Waals surface area contributed by atoms with E-state index in [-0.39, 0.29) is 0 Å². The van der Waals surface area contributed by atoms with Crippen molar-refractivity contribution < 1.29 is 4.74 Å². The fourth-order valence-electron chi connectivity index (χ4n) is 2.04. The van der Waals surface area contributed by atoms with E-state index in [4.69, 9.17) is 10.5 Å². The Labute approximate surface area is 102 Å². The Morgan fingerprint density at radius 2 is 2.24 bits per heavy atom. The number of hydrogen-bond donors (Lipinski definition) is 2. The second kappa shape index (κ2) is 6.51. The lowest BCUT2D eigenvalue weighted by atomic mass is 9.97. The molecule has 0 amide bonds. The van der Waals surface area contributed by atoms with Crippen LogP contribution in [0.4, 0.5) is 5.82 Å². The number of aromatic nitrogens is 2. The normalized spacial score (nSPS) is 17.0. The standard InChI is InChI=1S/C12H20N4O/c13-9-12-15-6-2-11(16-12)14-5-1-10-3-7-17-8-4-10/h2,6,10H,1,3-5,7-9,13H2,(H,14,15,16). The lowest BCUT2D eigenvalue weighted by Gasteiger charge is -2.21. The van der Waals surface area contributed by atoms with E-state index in [0.717, 1.165) is 31.5 Å². The number of hydrogen-bond acceptors (Lipinski definition) is 5. The molecule has 17 heavy (non-hydrogen) atoms. The van der Waals surface area contributed by atoms with Crippen molar-refractivity contribution in [3.63, 3.8) is 0 Å². The van der Waals surface area contributed by atoms with Gasteiger partial charge in [0.25, 0.3) is 0 Å². The van der Waals surface area contributed by atoms with Crippen LogP contribution in [-0.2, 0) is 11.3 Å². The minimum atomic E-state index is 0.384. The first kappa shape index (κ1) is 12.3. The lowest BCUT2D eigenvalue weighted by Crippen LogP contribution is -2.18. The van der Waals surface area contributed by atoms with Gasteiger partial charge in [-0.25, -0.2) is 9.97 Å². The van der Waals surface area contributed by atoms with Crippen LogP contribution in [0.2, 0.25) is 0 Å². The van der Waals surface area contributed by atoms with Crippen molar-refractivity contribution in [1.82, 2.24) is 9.97 Å². The number of rotatable bonds is 5. The van der Waals surface area contributed by atoms with E-state index in [1.54, 1.807) is 6.20 Å². The van der Waals surface area contributed by atoms with E-state index in [1.807, 2.05) is 6.07 Å². The first-order valence-corrected chi connectivity index (χ1v) is 6.22. The minimum Gasteiger partial charge on any atom is -0.381 e. The van der Waals surface area contributed by atoms with Crippen molar-refractivity contribution in [3.05, 3.63) is 18.1 Å². The number of nitrogens with zero attached hydrogens (tertiary/aromatic N) is 2. The maximum absolute atomic E-state index is 5.50. The predicted molar refractivity (Wildman–Crippen MR) is 66.6 cm³/mol. The van der Waals surface area contributed by atoms with Gasteiger partial charge in [-0.15, -0.1) is 0 Å². The summed E-state index contributed by atoms with van der Waals surface area (Å²) in [7, 11) is 0. The summed E-state index contributed by atoms with van der Waals surface area (Å²) in [5.74, 6) is 2.33. The number of ether oxygens (including phenoxy) is 1. The van der Waals surface area contributed by atoms with Crippen LogP contribution in [-0.4, -0.2) is 29.7 Å². The zero-order valence-electron chi connectivity index (χ0n) is 10.1. The maximum Gasteiger partial charge on any atom is 0.144 e. The van der Waals surface area contributed by atoms with Crippen molar-refractivity contribution in [2.75, 3.05) is 25.1 Å². The molecule has 0 atom stereocenters. The highest BCUT2D eigenvalue weighted by atomic mass is 16.5. The molecule has 0 aliphatic carbocycles. The molecule has 5 nitrogen and oxygen atoms in total. The largest absolute Gasteiger partial charge is 0.381 e. The molecule has 0 aromatic carbocycles. The van der Waals surface area contributed by atoms with Gasteiger partial charge in [0.2, 0.25) is 0 Å². The van der Waals surface area contributed by atoms with Crippen molar-refractivity contribution >= 4 is 5.82 Å². The summed E-state index contributed by atoms with van der Waals surface area (Å²) < 4.78 is 5.34. The molecule has 3 N–H and O–H groups in total. The molecule has 0 bridgehead atoms. The third kappa shape index (κ3) is 3.94. The highest BCUT2D eigenvalue weighted by molar-refractivity contribution is 5.32. The molecule has 1 aromatic heterocycles. The predicted octanol–water partition coefficient (Wildman–Crippen LogP) is 1.16. The first-order chi connectivity index (χ1) is 8.38. The van der Waals surface area contributed by atoms with Crippen LogP contribution in [0.15, 0.2) is 12.3 Å². The fraction of sp³-hybridized carbons (Fsp3) is 0.667. The van der Waals surface area contributed by atoms with Crippen LogP contribution >= 0.6 is 0 Å². The molecule has 2 rings (SSSR count). The van der Waals surface area contributed by atoms with Crippen molar-refractivity contribution in [2.24, 2.45) is 11.7 Å². The van der Waals surface area contributed by atoms with Gasteiger partial charge in [0, 0.05) is 26.0 Å². The molecule has 1 aromatic rings. The zero-order chi connectivity index (χ0) is 11.9. The van der Waals surface area contributed by atoms with Gasteiger partial charge in [-0.3, -0.25) is 0 Å². The molecule has 5 heteroatoms. The van der Waals surface area contributed by atoms with E-state index in [0.29, 0.717) is 12.4 Å². The van der Waals surface area contributed by atoms with Gasteiger partial charge in [0.05, 0.1) is 6.54 Å². The highest BCUT2D eigenvalue weighted by Crippen LogP contribution is 2.18. The second-order valence-electron chi connectivity index (χ2n) is 4.33. The number of nitrogens with two attached hydrogens (primary N) is 1. The maximum atomic E-state index is 5.50. The lowest BCUT2D eigenvalue weighted by molar-refractivity contribution is 0.0649. The molecule has 94 valence electrons. The Bertz CT molecular complexity index is 339. The summed E-state index contributed by atoms with van der Waals surface area (Å²) in [6.07, 6.45) is 5.27. The van der Waals surface area contributed by atoms with Gasteiger partial charge in [0.1, 0.15) is 11.6 Å². The van der Waals surface area contributed by atoms with E-state index in [1.165, 1.54) is 19.3 Å². The summed E-state index contributed by atoms with van der Waals surface area (Å²) in [6, 6.07) is 1.88. The van der Waals surface area contributed by atoms with E-state index in [2.05, 4.69) is 15.3 Å². The van der Waals surface area contributed by atoms with Crippen molar-refractivity contribution in [3.8, 4) is 0 Å². The molecule has 1 aliphatic rings. The number of nitrogens with one attached hydrogen (secondary N) is 1. The van der Waals surface area contributed by atoms with Crippen LogP contribution in [0.25, 0.3) is 0 Å². The average molecular weight is 236 g/mol. The van der Waals surface area contributed by atoms with E-state index < -0.39 is 0 Å². The van der Waals surface area contributed by atoms with Crippen LogP contribution < -0.4 is 11.1 Å². The van der Waals surface area contributed by atoms with E-state index >= 15 is 0 Å². The summed E-state index contributed by atoms with van der Waals surface area (Å²) in [4.78, 5) is 8.37. The van der Waals surface area contributed by atoms with Gasteiger partial charge in [0.15, 0.2) is 0 Å². The van der Waals surface area contributed by atoms with E-state index in [9.17, 15) is 0 Å². The summed E-state index contributed by atoms with van der Waals surface area (Å²) in [5, 5.41) is 3.32. The second-order valence-corrected chi connectivity index (χ2v) is 4.33. The topological polar surface area (TPSA) is 73.1 Å². The molecule has 0 saturated carbocycles. The molecule has 1 aliphatic heterocycles. The third-order valence-electron chi connectivity index (χ3n) is 3.09. The third-order valence-corrected chi connectivity index (χ3v) is 3.09. The van der Waals surface area contributed by atoms with Crippen LogP contribution in [0, 0.1) is 5.92 Å². The quantitative estimate of drug-likeness (QED) is 0.802. The van der Waals surface area contributed by atoms with Gasteiger partial charge in [-0.1, -0.05) is 0 Å². The Balaban J connectivity index is 1.73. The molecular weight excluding hydrogens is 216 g/mol. The molecule has 0 spiro atoms. The molecule has 0 radical (unpaired) electrons. The smallest absolute Gasteiger partial charge is 0.144 e. The average Bonchev–Trinajstić information content (AvgIpc) is 2.40. The van der Waals surface area contributed by atoms with Gasteiger partial charge in [-0.05, 0) is 31.2 Å². The first-order valence-electron chi connectivity index (χ1n) is 6.22. The Morgan fingerprint density at radius 1 is 1.41 bits per heavy atom. The van der Waals surface area contributed by atoms with Crippen LogP contribution in [0.3, 0.4) is 0 Å². The Hall–Kier alpha value is -1.20. The van der Waals surface area contributed by atoms with Gasteiger partial charge < -0.3 is 15.8 Å². The monoisotopic (exact) mass is 236 g/mol. The highest BCUT2D eigenvalue weighted by Gasteiger charge is 2.12. The molecular formula is C12H20N4O. The zero-order valence-corrected chi connectivity index (χ0v) is 10.1. The molecule has 0 unspecified atom stereocenters. The van der Waals surface area contributed by atoms with Crippen LogP contribution in [0.5, 0.6) is 0 Å². The molecule has 1 saturated heterocycles. The summed E-state index contributed by atoms with van der Waals surface area (Å²) in [6.45, 7) is 3.16. The SMILES string of the molecule is NCc1nccc(NCCC2CCOCC2)n1. The molecule has 2 heterocycles. The summed E-state index contributed by atoms with van der Waals surface area (Å²) >= 11 is 0. The van der Waals surface area contributed by atoms with Crippen molar-refractivity contribution in [2.45, 2.75) is 25.8 Å². The Morgan fingerprint density at radius 3 is 3.00 bits per heavy atom. The van der Waals surface area contributed by atoms with Crippen molar-refractivity contribution in [1.29, 1.82) is 0 Å². The summed E-state index contributed by atoms with van der Waals surface area (Å²) in [5.41, 5.74) is 5.50. The Kier molecular flexibility index (Phi) is 4.70. The number of anilines is 1. The molecule has 1 fully saturated rings. The van der Waals surface area contributed by atoms with Gasteiger partial charge >= 0.3 is 0 Å². The fourth-order valence-corrected chi connectivity index (χ4v) is 2.04. The minimum absolute atomic E-state index is 0.384.